The average molecular weight is 993 g/mol. The maximum absolute atomic E-state index is 15.1. The summed E-state index contributed by atoms with van der Waals surface area (Å²) in [7, 11) is 0. The van der Waals surface area contributed by atoms with Gasteiger partial charge in [0.25, 0.3) is 17.4 Å². The zero-order valence-corrected chi connectivity index (χ0v) is 41.4. The molecule has 9 rings (SSSR count). The molecule has 5 aliphatic rings. The van der Waals surface area contributed by atoms with Crippen molar-refractivity contribution in [2.45, 2.75) is 76.2 Å². The molecule has 0 radical (unpaired) electrons. The molecular weight excluding hydrogens is 925 g/mol. The van der Waals surface area contributed by atoms with Gasteiger partial charge in [-0.05, 0) is 105 Å². The van der Waals surface area contributed by atoms with Gasteiger partial charge in [0.1, 0.15) is 17.7 Å². The number of carbonyl (C=O) groups is 5. The molecule has 1 aliphatic carbocycles. The van der Waals surface area contributed by atoms with Crippen LogP contribution in [0, 0.1) is 17.7 Å². The number of H-pyrrole nitrogens is 1. The largest absolute Gasteiger partial charge is 0.341 e. The maximum Gasteiger partial charge on any atom is 0.272 e. The summed E-state index contributed by atoms with van der Waals surface area (Å²) in [5.74, 6) is -0.581. The second-order valence-electron chi connectivity index (χ2n) is 20.3. The van der Waals surface area contributed by atoms with Crippen molar-refractivity contribution in [3.8, 4) is 0 Å². The van der Waals surface area contributed by atoms with E-state index in [1.807, 2.05) is 46.2 Å². The minimum Gasteiger partial charge on any atom is -0.341 e. The molecule has 0 spiro atoms. The summed E-state index contributed by atoms with van der Waals surface area (Å²) in [6.07, 6.45) is 9.19. The second kappa shape index (κ2) is 23.2. The molecule has 2 N–H and O–H groups in total. The fourth-order valence-corrected chi connectivity index (χ4v) is 11.7. The number of benzene rings is 3. The van der Waals surface area contributed by atoms with Crippen LogP contribution in [0.3, 0.4) is 0 Å². The van der Waals surface area contributed by atoms with Crippen LogP contribution in [0.1, 0.15) is 101 Å². The van der Waals surface area contributed by atoms with Crippen LogP contribution in [0.25, 0.3) is 10.8 Å². The maximum atomic E-state index is 15.1. The van der Waals surface area contributed by atoms with Crippen molar-refractivity contribution in [3.05, 3.63) is 111 Å². The van der Waals surface area contributed by atoms with Gasteiger partial charge in [0, 0.05) is 95.3 Å². The first-order chi connectivity index (χ1) is 34.5. The van der Waals surface area contributed by atoms with E-state index in [9.17, 15) is 28.8 Å². The van der Waals surface area contributed by atoms with Crippen LogP contribution in [0.15, 0.2) is 71.5 Å². The number of nitrogens with one attached hydrogen (secondary N) is 2. The molecule has 5 amide bonds. The standard InChI is InChI=1S/C54H67ClFN9O6/c55-33-48(66)65-19-7-12-42(35-65)40-10-6-11-41(32-40)51(68)57-50(39-8-2-1-3-9-39)54(71)64-24-22-61(23-25-64)34-37-17-20-60(21-18-37)36-49(67)62-26-28-63(29-27-62)53(70)45-30-38(15-16-46(45)56)31-47-43-13-4-5-14-44(43)52(69)59-58-47/h4-6,10-11,13-16,30,32,37,39,42,50H,1-3,7-9,12,17-29,31,33-36H2,(H,57,68)(H,59,69)/t42?,50-/m1/s1. The molecule has 5 heterocycles. The smallest absolute Gasteiger partial charge is 0.272 e. The van der Waals surface area contributed by atoms with E-state index in [4.69, 9.17) is 11.6 Å². The van der Waals surface area contributed by atoms with Gasteiger partial charge in [-0.1, -0.05) is 55.7 Å². The number of likely N-dealkylation sites (tertiary alicyclic amines) is 2. The van der Waals surface area contributed by atoms with Crippen molar-refractivity contribution in [2.75, 3.05) is 97.5 Å². The third-order valence-electron chi connectivity index (χ3n) is 15.8. The van der Waals surface area contributed by atoms with Crippen molar-refractivity contribution in [3.63, 3.8) is 0 Å². The Bertz CT molecular complexity index is 2620. The van der Waals surface area contributed by atoms with Gasteiger partial charge in [0.2, 0.25) is 17.7 Å². The summed E-state index contributed by atoms with van der Waals surface area (Å²) in [6.45, 7) is 8.39. The highest BCUT2D eigenvalue weighted by atomic mass is 35.5. The van der Waals surface area contributed by atoms with Gasteiger partial charge in [0.15, 0.2) is 0 Å². The Hall–Kier alpha value is -5.71. The highest BCUT2D eigenvalue weighted by molar-refractivity contribution is 6.27. The molecule has 2 atom stereocenters. The third-order valence-corrected chi connectivity index (χ3v) is 16.0. The van der Waals surface area contributed by atoms with E-state index in [1.54, 1.807) is 34.1 Å². The molecule has 1 saturated carbocycles. The highest BCUT2D eigenvalue weighted by Gasteiger charge is 2.36. The van der Waals surface area contributed by atoms with E-state index < -0.39 is 17.8 Å². The van der Waals surface area contributed by atoms with Crippen LogP contribution in [-0.2, 0) is 20.8 Å². The number of nitrogens with zero attached hydrogens (tertiary/aromatic N) is 7. The molecule has 4 aromatic rings. The average Bonchev–Trinajstić information content (AvgIpc) is 3.42. The van der Waals surface area contributed by atoms with E-state index in [0.717, 1.165) is 96.1 Å². The summed E-state index contributed by atoms with van der Waals surface area (Å²) < 4.78 is 15.1. The van der Waals surface area contributed by atoms with E-state index in [1.165, 1.54) is 6.07 Å². The molecular formula is C54H67ClFN9O6. The SMILES string of the molecule is O=C(N[C@@H](C(=O)N1CCN(CC2CCN(CC(=O)N3CCN(C(=O)c4cc(Cc5n[nH]c(=O)c6ccccc56)ccc4F)CC3)CC2)CC1)C1CCCCC1)c1cccc(C2CCCN(C(=O)CCl)C2)c1. The molecule has 1 unspecified atom stereocenters. The number of halogens is 2. The first-order valence-electron chi connectivity index (χ1n) is 25.8. The Balaban J connectivity index is 0.707. The van der Waals surface area contributed by atoms with Crippen LogP contribution in [0.4, 0.5) is 4.39 Å². The minimum absolute atomic E-state index is 0.0147. The predicted octanol–water partition coefficient (Wildman–Crippen LogP) is 5.12. The molecule has 17 heteroatoms. The third kappa shape index (κ3) is 12.1. The highest BCUT2D eigenvalue weighted by Crippen LogP contribution is 2.31. The number of hydrogen-bond donors (Lipinski definition) is 2. The second-order valence-corrected chi connectivity index (χ2v) is 20.6. The van der Waals surface area contributed by atoms with Gasteiger partial charge < -0.3 is 24.9 Å². The lowest BCUT2D eigenvalue weighted by Crippen LogP contribution is -2.57. The Morgan fingerprint density at radius 2 is 1.42 bits per heavy atom. The van der Waals surface area contributed by atoms with Gasteiger partial charge in [-0.2, -0.15) is 5.10 Å². The number of carbonyl (C=O) groups excluding carboxylic acids is 5. The molecule has 0 bridgehead atoms. The summed E-state index contributed by atoms with van der Waals surface area (Å²) in [5, 5.41) is 11.2. The number of amides is 5. The van der Waals surface area contributed by atoms with Crippen molar-refractivity contribution in [2.24, 2.45) is 11.8 Å². The lowest BCUT2D eigenvalue weighted by Gasteiger charge is -2.41. The predicted molar refractivity (Wildman–Crippen MR) is 270 cm³/mol. The lowest BCUT2D eigenvalue weighted by molar-refractivity contribution is -0.137. The van der Waals surface area contributed by atoms with Crippen LogP contribution in [0.2, 0.25) is 0 Å². The van der Waals surface area contributed by atoms with Crippen molar-refractivity contribution in [1.82, 2.24) is 44.9 Å². The molecule has 1 aromatic heterocycles. The molecule has 3 aromatic carbocycles. The lowest BCUT2D eigenvalue weighted by atomic mass is 9.83. The van der Waals surface area contributed by atoms with Crippen LogP contribution in [0.5, 0.6) is 0 Å². The fraction of sp³-hybridized carbons (Fsp3) is 0.537. The van der Waals surface area contributed by atoms with Crippen LogP contribution >= 0.6 is 11.6 Å². The van der Waals surface area contributed by atoms with Gasteiger partial charge in [0.05, 0.1) is 23.2 Å². The summed E-state index contributed by atoms with van der Waals surface area (Å²) in [4.78, 5) is 91.8. The Morgan fingerprint density at radius 3 is 2.17 bits per heavy atom. The Kier molecular flexibility index (Phi) is 16.4. The van der Waals surface area contributed by atoms with E-state index >= 15 is 4.39 Å². The molecule has 71 heavy (non-hydrogen) atoms. The molecule has 4 aliphatic heterocycles. The van der Waals surface area contributed by atoms with Gasteiger partial charge in [-0.3, -0.25) is 38.6 Å². The number of hydrogen-bond acceptors (Lipinski definition) is 9. The number of aromatic nitrogens is 2. The zero-order valence-electron chi connectivity index (χ0n) is 40.7. The summed E-state index contributed by atoms with van der Waals surface area (Å²) >= 11 is 5.86. The van der Waals surface area contributed by atoms with E-state index in [2.05, 4.69) is 25.3 Å². The van der Waals surface area contributed by atoms with Crippen molar-refractivity contribution < 1.29 is 28.4 Å². The van der Waals surface area contributed by atoms with Crippen LogP contribution in [-0.4, -0.2) is 173 Å². The van der Waals surface area contributed by atoms with E-state index in [0.29, 0.717) is 98.8 Å². The van der Waals surface area contributed by atoms with Gasteiger partial charge in [-0.25, -0.2) is 9.49 Å². The number of aromatic amines is 1. The first-order valence-corrected chi connectivity index (χ1v) is 26.3. The van der Waals surface area contributed by atoms with Crippen molar-refractivity contribution in [1.29, 1.82) is 0 Å². The van der Waals surface area contributed by atoms with E-state index in [-0.39, 0.29) is 52.5 Å². The normalized spacial score (nSPS) is 20.5. The number of rotatable bonds is 13. The quantitative estimate of drug-likeness (QED) is 0.173. The number of piperazine rings is 2. The molecule has 4 saturated heterocycles. The fourth-order valence-electron chi connectivity index (χ4n) is 11.6. The molecule has 15 nitrogen and oxygen atoms in total. The molecule has 5 fully saturated rings. The number of alkyl halides is 1. The van der Waals surface area contributed by atoms with Crippen molar-refractivity contribution >= 4 is 51.9 Å². The zero-order chi connectivity index (χ0) is 49.4. The first kappa shape index (κ1) is 50.2. The summed E-state index contributed by atoms with van der Waals surface area (Å²) in [6, 6.07) is 18.7. The monoisotopic (exact) mass is 991 g/mol. The van der Waals surface area contributed by atoms with Crippen LogP contribution < -0.4 is 10.9 Å². The molecule has 378 valence electrons. The topological polar surface area (TPSA) is 163 Å². The Morgan fingerprint density at radius 1 is 0.704 bits per heavy atom. The number of piperidine rings is 2. The minimum atomic E-state index is -0.607. The van der Waals surface area contributed by atoms with Gasteiger partial charge >= 0.3 is 0 Å². The number of fused-ring (bicyclic) bond motifs is 1. The van der Waals surface area contributed by atoms with Gasteiger partial charge in [-0.15, -0.1) is 11.6 Å². The Labute approximate surface area is 420 Å². The summed E-state index contributed by atoms with van der Waals surface area (Å²) in [5.41, 5.74) is 2.57.